The summed E-state index contributed by atoms with van der Waals surface area (Å²) >= 11 is 0. The normalized spacial score (nSPS) is 49.2. The molecule has 1 saturated carbocycles. The van der Waals surface area contributed by atoms with Crippen LogP contribution in [0.5, 0.6) is 0 Å². The van der Waals surface area contributed by atoms with Crippen LogP contribution >= 0.6 is 0 Å². The highest BCUT2D eigenvalue weighted by Gasteiger charge is 2.40. The van der Waals surface area contributed by atoms with Crippen LogP contribution in [0.3, 0.4) is 0 Å². The molecule has 0 aromatic rings. The van der Waals surface area contributed by atoms with Crippen LogP contribution in [0.1, 0.15) is 13.3 Å². The molecule has 1 aliphatic carbocycles. The van der Waals surface area contributed by atoms with Gasteiger partial charge in [-0.25, -0.2) is 0 Å². The Bertz CT molecular complexity index is 145. The molecule has 0 spiro atoms. The van der Waals surface area contributed by atoms with E-state index in [0.29, 0.717) is 6.42 Å². The van der Waals surface area contributed by atoms with E-state index in [1.807, 2.05) is 6.92 Å². The molecule has 0 aromatic heterocycles. The first-order valence-corrected chi connectivity index (χ1v) is 4.15. The van der Waals surface area contributed by atoms with Gasteiger partial charge in [-0.3, -0.25) is 0 Å². The summed E-state index contributed by atoms with van der Waals surface area (Å²) in [5, 5.41) is 28.1. The van der Waals surface area contributed by atoms with Crippen molar-refractivity contribution in [1.29, 1.82) is 0 Å². The van der Waals surface area contributed by atoms with Gasteiger partial charge in [-0.1, -0.05) is 6.92 Å². The highest BCUT2D eigenvalue weighted by molar-refractivity contribution is 4.91. The molecule has 1 rings (SSSR count). The average Bonchev–Trinajstić information content (AvgIpc) is 2.08. The first-order chi connectivity index (χ1) is 5.57. The van der Waals surface area contributed by atoms with Crippen molar-refractivity contribution >= 4 is 0 Å². The first kappa shape index (κ1) is 9.92. The van der Waals surface area contributed by atoms with Crippen molar-refractivity contribution in [3.8, 4) is 0 Å². The summed E-state index contributed by atoms with van der Waals surface area (Å²) < 4.78 is 4.97. The summed E-state index contributed by atoms with van der Waals surface area (Å²) in [7, 11) is 1.49. The van der Waals surface area contributed by atoms with Gasteiger partial charge in [0.25, 0.3) is 0 Å². The number of rotatable bonds is 1. The Kier molecular flexibility index (Phi) is 3.06. The molecule has 0 amide bonds. The fraction of sp³-hybridized carbons (Fsp3) is 1.00. The van der Waals surface area contributed by atoms with Gasteiger partial charge in [0.05, 0.1) is 12.2 Å². The van der Waals surface area contributed by atoms with Gasteiger partial charge in [-0.2, -0.15) is 0 Å². The lowest BCUT2D eigenvalue weighted by Crippen LogP contribution is -2.53. The zero-order valence-electron chi connectivity index (χ0n) is 7.34. The van der Waals surface area contributed by atoms with Gasteiger partial charge in [-0.15, -0.1) is 0 Å². The van der Waals surface area contributed by atoms with Crippen molar-refractivity contribution in [1.82, 2.24) is 0 Å². The van der Waals surface area contributed by atoms with Gasteiger partial charge >= 0.3 is 0 Å². The van der Waals surface area contributed by atoms with Crippen LogP contribution in [0, 0.1) is 5.92 Å². The Balaban J connectivity index is 2.63. The molecule has 1 aliphatic rings. The highest BCUT2D eigenvalue weighted by Crippen LogP contribution is 2.26. The zero-order valence-corrected chi connectivity index (χ0v) is 7.34. The molecule has 1 fully saturated rings. The third-order valence-electron chi connectivity index (χ3n) is 2.57. The van der Waals surface area contributed by atoms with Gasteiger partial charge in [0, 0.05) is 7.11 Å². The molecular weight excluding hydrogens is 160 g/mol. The molecule has 0 aromatic carbocycles. The minimum Gasteiger partial charge on any atom is -0.390 e. The van der Waals surface area contributed by atoms with Crippen LogP contribution in [-0.2, 0) is 4.74 Å². The molecule has 0 radical (unpaired) electrons. The molecule has 3 N–H and O–H groups in total. The molecule has 4 nitrogen and oxygen atoms in total. The van der Waals surface area contributed by atoms with E-state index in [1.54, 1.807) is 0 Å². The molecular formula is C8H16O4. The van der Waals surface area contributed by atoms with E-state index in [2.05, 4.69) is 0 Å². The monoisotopic (exact) mass is 176 g/mol. The van der Waals surface area contributed by atoms with Crippen molar-refractivity contribution < 1.29 is 20.1 Å². The second kappa shape index (κ2) is 3.70. The SMILES string of the molecule is CO[C@@H]1CC(C)[C@H](O)C(O)C1O. The molecule has 5 atom stereocenters. The van der Waals surface area contributed by atoms with Gasteiger partial charge in [0.2, 0.25) is 0 Å². The minimum absolute atomic E-state index is 0.0339. The van der Waals surface area contributed by atoms with Gasteiger partial charge in [-0.05, 0) is 12.3 Å². The predicted molar refractivity (Wildman–Crippen MR) is 42.6 cm³/mol. The third kappa shape index (κ3) is 1.61. The molecule has 4 heteroatoms. The van der Waals surface area contributed by atoms with Crippen molar-refractivity contribution in [2.24, 2.45) is 5.92 Å². The number of aliphatic hydroxyl groups is 3. The largest absolute Gasteiger partial charge is 0.390 e. The molecule has 12 heavy (non-hydrogen) atoms. The van der Waals surface area contributed by atoms with Gasteiger partial charge in [0.1, 0.15) is 12.2 Å². The van der Waals surface area contributed by atoms with Crippen molar-refractivity contribution in [3.63, 3.8) is 0 Å². The lowest BCUT2D eigenvalue weighted by atomic mass is 9.82. The van der Waals surface area contributed by atoms with Crippen LogP contribution in [0.4, 0.5) is 0 Å². The lowest BCUT2D eigenvalue weighted by molar-refractivity contribution is -0.162. The molecule has 0 heterocycles. The van der Waals surface area contributed by atoms with Gasteiger partial charge in [0.15, 0.2) is 0 Å². The fourth-order valence-electron chi connectivity index (χ4n) is 1.64. The summed E-state index contributed by atoms with van der Waals surface area (Å²) in [6.07, 6.45) is -2.68. The number of hydrogen-bond acceptors (Lipinski definition) is 4. The van der Waals surface area contributed by atoms with E-state index in [-0.39, 0.29) is 12.0 Å². The Morgan fingerprint density at radius 3 is 2.17 bits per heavy atom. The zero-order chi connectivity index (χ0) is 9.30. The standard InChI is InChI=1S/C8H16O4/c1-4-3-5(12-2)7(10)8(11)6(4)9/h4-11H,3H2,1-2H3/t4?,5-,6+,7?,8?/m1/s1. The van der Waals surface area contributed by atoms with E-state index in [9.17, 15) is 15.3 Å². The summed E-state index contributed by atoms with van der Waals surface area (Å²) in [5.74, 6) is -0.0339. The molecule has 0 saturated heterocycles. The topological polar surface area (TPSA) is 69.9 Å². The second-order valence-electron chi connectivity index (χ2n) is 3.46. The van der Waals surface area contributed by atoms with Crippen LogP contribution in [0.25, 0.3) is 0 Å². The van der Waals surface area contributed by atoms with Crippen molar-refractivity contribution in [2.75, 3.05) is 7.11 Å². The molecule has 72 valence electrons. The van der Waals surface area contributed by atoms with E-state index in [1.165, 1.54) is 7.11 Å². The average molecular weight is 176 g/mol. The van der Waals surface area contributed by atoms with Crippen molar-refractivity contribution in [3.05, 3.63) is 0 Å². The first-order valence-electron chi connectivity index (χ1n) is 4.15. The van der Waals surface area contributed by atoms with Crippen molar-refractivity contribution in [2.45, 2.75) is 37.8 Å². The Morgan fingerprint density at radius 1 is 1.08 bits per heavy atom. The smallest absolute Gasteiger partial charge is 0.109 e. The van der Waals surface area contributed by atoms with E-state index < -0.39 is 18.3 Å². The van der Waals surface area contributed by atoms with E-state index in [0.717, 1.165) is 0 Å². The highest BCUT2D eigenvalue weighted by atomic mass is 16.5. The van der Waals surface area contributed by atoms with E-state index >= 15 is 0 Å². The third-order valence-corrected chi connectivity index (χ3v) is 2.57. The summed E-state index contributed by atoms with van der Waals surface area (Å²) in [6.45, 7) is 1.83. The van der Waals surface area contributed by atoms with Gasteiger partial charge < -0.3 is 20.1 Å². The van der Waals surface area contributed by atoms with Crippen LogP contribution in [-0.4, -0.2) is 46.8 Å². The summed E-state index contributed by atoms with van der Waals surface area (Å²) in [5.41, 5.74) is 0. The van der Waals surface area contributed by atoms with Crippen LogP contribution in [0.2, 0.25) is 0 Å². The maximum absolute atomic E-state index is 9.39. The van der Waals surface area contributed by atoms with Crippen LogP contribution < -0.4 is 0 Å². The lowest BCUT2D eigenvalue weighted by Gasteiger charge is -2.38. The Hall–Kier alpha value is -0.160. The number of methoxy groups -OCH3 is 1. The molecule has 3 unspecified atom stereocenters. The number of hydrogen-bond donors (Lipinski definition) is 3. The predicted octanol–water partition coefficient (Wildman–Crippen LogP) is -0.876. The summed E-state index contributed by atoms with van der Waals surface area (Å²) in [4.78, 5) is 0. The minimum atomic E-state index is -1.08. The maximum atomic E-state index is 9.39. The Morgan fingerprint density at radius 2 is 1.67 bits per heavy atom. The number of aliphatic hydroxyl groups excluding tert-OH is 3. The summed E-state index contributed by atoms with van der Waals surface area (Å²) in [6, 6.07) is 0. The molecule has 0 aliphatic heterocycles. The quantitative estimate of drug-likeness (QED) is 0.485. The second-order valence-corrected chi connectivity index (χ2v) is 3.46. The van der Waals surface area contributed by atoms with E-state index in [4.69, 9.17) is 4.74 Å². The molecule has 0 bridgehead atoms. The number of ether oxygens (including phenoxy) is 1. The fourth-order valence-corrected chi connectivity index (χ4v) is 1.64. The van der Waals surface area contributed by atoms with Crippen LogP contribution in [0.15, 0.2) is 0 Å². The maximum Gasteiger partial charge on any atom is 0.109 e. The Labute approximate surface area is 71.8 Å².